The molecule has 0 atom stereocenters. The number of allylic oxidation sites excluding steroid dienone is 4. The first kappa shape index (κ1) is 12.1. The number of rotatable bonds is 0. The summed E-state index contributed by atoms with van der Waals surface area (Å²) in [4.78, 5) is 0. The molecule has 0 heterocycles. The molecule has 0 aliphatic heterocycles. The summed E-state index contributed by atoms with van der Waals surface area (Å²) in [6.45, 7) is 0. The Labute approximate surface area is 70.5 Å². The lowest BCUT2D eigenvalue weighted by atomic mass is 10.6. The zero-order valence-corrected chi connectivity index (χ0v) is 6.10. The number of nitriles is 4. The first-order valence-electron chi connectivity index (χ1n) is 2.72. The third-order valence-corrected chi connectivity index (χ3v) is 0.465. The van der Waals surface area contributed by atoms with Crippen molar-refractivity contribution in [2.45, 2.75) is 0 Å². The number of hydrogen-bond donors (Lipinski definition) is 0. The molecule has 0 unspecified atom stereocenters. The van der Waals surface area contributed by atoms with Crippen LogP contribution in [0.5, 0.6) is 0 Å². The Bertz CT molecular complexity index is 245. The van der Waals surface area contributed by atoms with Crippen molar-refractivity contribution in [1.82, 2.24) is 0 Å². The third kappa shape index (κ3) is 26.1. The van der Waals surface area contributed by atoms with E-state index in [-0.39, 0.29) is 0 Å². The predicted molar refractivity (Wildman–Crippen MR) is 40.7 cm³/mol. The maximum absolute atomic E-state index is 7.71. The summed E-state index contributed by atoms with van der Waals surface area (Å²) < 4.78 is 0. The standard InChI is InChI=1S/2C4H2N2/c2*5-3-1-2-4-6/h2*1-2H. The van der Waals surface area contributed by atoms with E-state index in [1.165, 1.54) is 0 Å². The van der Waals surface area contributed by atoms with E-state index < -0.39 is 0 Å². The Morgan fingerprint density at radius 1 is 0.500 bits per heavy atom. The van der Waals surface area contributed by atoms with Crippen LogP contribution in [0.2, 0.25) is 0 Å². The molecule has 0 fully saturated rings. The molecule has 0 saturated carbocycles. The molecule has 56 valence electrons. The van der Waals surface area contributed by atoms with Crippen LogP contribution in [0.3, 0.4) is 0 Å². The second-order valence-corrected chi connectivity index (χ2v) is 1.18. The van der Waals surface area contributed by atoms with Crippen molar-refractivity contribution in [3.8, 4) is 24.3 Å². The maximum atomic E-state index is 7.71. The van der Waals surface area contributed by atoms with Crippen LogP contribution in [0, 0.1) is 45.3 Å². The molecule has 0 aliphatic carbocycles. The second-order valence-electron chi connectivity index (χ2n) is 1.18. The molecule has 0 aromatic rings. The van der Waals surface area contributed by atoms with Crippen LogP contribution >= 0.6 is 0 Å². The van der Waals surface area contributed by atoms with E-state index in [0.29, 0.717) is 0 Å². The van der Waals surface area contributed by atoms with Gasteiger partial charge in [-0.05, 0) is 0 Å². The molecule has 4 heteroatoms. The fourth-order valence-corrected chi connectivity index (χ4v) is 0.149. The van der Waals surface area contributed by atoms with Gasteiger partial charge in [-0.15, -0.1) is 0 Å². The molecule has 0 aromatic heterocycles. The highest BCUT2D eigenvalue weighted by molar-refractivity contribution is 5.12. The quantitative estimate of drug-likeness (QED) is 0.492. The van der Waals surface area contributed by atoms with Crippen LogP contribution in [-0.2, 0) is 0 Å². The first-order valence-corrected chi connectivity index (χ1v) is 2.72. The number of hydrogen-bond acceptors (Lipinski definition) is 4. The lowest BCUT2D eigenvalue weighted by Gasteiger charge is -1.46. The molecule has 12 heavy (non-hydrogen) atoms. The summed E-state index contributed by atoms with van der Waals surface area (Å²) in [5.74, 6) is 0. The molecule has 0 rings (SSSR count). The van der Waals surface area contributed by atoms with Gasteiger partial charge in [-0.2, -0.15) is 21.0 Å². The van der Waals surface area contributed by atoms with Crippen molar-refractivity contribution < 1.29 is 0 Å². The minimum Gasteiger partial charge on any atom is -0.193 e. The average Bonchev–Trinajstić information content (AvgIpc) is 2.12. The van der Waals surface area contributed by atoms with Crippen molar-refractivity contribution in [3.05, 3.63) is 24.3 Å². The van der Waals surface area contributed by atoms with Crippen LogP contribution in [0.15, 0.2) is 24.3 Å². The van der Waals surface area contributed by atoms with Gasteiger partial charge in [0.05, 0.1) is 24.3 Å². The summed E-state index contributed by atoms with van der Waals surface area (Å²) in [5, 5.41) is 30.8. The van der Waals surface area contributed by atoms with Gasteiger partial charge in [-0.1, -0.05) is 0 Å². The van der Waals surface area contributed by atoms with Gasteiger partial charge in [0.15, 0.2) is 0 Å². The molecule has 0 bridgehead atoms. The van der Waals surface area contributed by atoms with E-state index in [9.17, 15) is 0 Å². The molecule has 0 aromatic carbocycles. The zero-order chi connectivity index (χ0) is 9.66. The van der Waals surface area contributed by atoms with Crippen molar-refractivity contribution in [1.29, 1.82) is 21.0 Å². The Kier molecular flexibility index (Phi) is 16.0. The lowest BCUT2D eigenvalue weighted by Crippen LogP contribution is -1.40. The van der Waals surface area contributed by atoms with E-state index in [0.717, 1.165) is 24.3 Å². The lowest BCUT2D eigenvalue weighted by molar-refractivity contribution is 1.52. The Morgan fingerprint density at radius 3 is 0.750 bits per heavy atom. The molecular formula is C8H4N4. The fourth-order valence-electron chi connectivity index (χ4n) is 0.149. The highest BCUT2D eigenvalue weighted by Gasteiger charge is 1.54. The van der Waals surface area contributed by atoms with Crippen molar-refractivity contribution in [2.24, 2.45) is 0 Å². The number of nitrogens with zero attached hydrogens (tertiary/aromatic N) is 4. The van der Waals surface area contributed by atoms with Gasteiger partial charge in [-0.25, -0.2) is 0 Å². The predicted octanol–water partition coefficient (Wildman–Crippen LogP) is 1.18. The Hall–Kier alpha value is -2.56. The van der Waals surface area contributed by atoms with Crippen molar-refractivity contribution >= 4 is 0 Å². The van der Waals surface area contributed by atoms with Crippen LogP contribution in [-0.4, -0.2) is 0 Å². The average molecular weight is 156 g/mol. The van der Waals surface area contributed by atoms with E-state index >= 15 is 0 Å². The summed E-state index contributed by atoms with van der Waals surface area (Å²) in [6, 6.07) is 6.66. The van der Waals surface area contributed by atoms with Crippen molar-refractivity contribution in [2.75, 3.05) is 0 Å². The minimum atomic E-state index is 1.12. The van der Waals surface area contributed by atoms with Gasteiger partial charge in [-0.3, -0.25) is 0 Å². The molecule has 0 aliphatic rings. The van der Waals surface area contributed by atoms with Gasteiger partial charge in [0.25, 0.3) is 0 Å². The summed E-state index contributed by atoms with van der Waals surface area (Å²) in [5.41, 5.74) is 0. The van der Waals surface area contributed by atoms with Gasteiger partial charge in [0.1, 0.15) is 0 Å². The third-order valence-electron chi connectivity index (χ3n) is 0.465. The van der Waals surface area contributed by atoms with Gasteiger partial charge in [0.2, 0.25) is 0 Å². The molecule has 0 amide bonds. The second kappa shape index (κ2) is 15.8. The van der Waals surface area contributed by atoms with Crippen LogP contribution in [0.25, 0.3) is 0 Å². The molecular weight excluding hydrogens is 152 g/mol. The first-order chi connectivity index (χ1) is 5.83. The van der Waals surface area contributed by atoms with Crippen LogP contribution < -0.4 is 0 Å². The smallest absolute Gasteiger partial charge is 0.0919 e. The highest BCUT2D eigenvalue weighted by Crippen LogP contribution is 1.60. The Balaban J connectivity index is 0. The molecule has 0 N–H and O–H groups in total. The summed E-state index contributed by atoms with van der Waals surface area (Å²) >= 11 is 0. The van der Waals surface area contributed by atoms with E-state index in [1.807, 2.05) is 0 Å². The fraction of sp³-hybridized carbons (Fsp3) is 0. The largest absolute Gasteiger partial charge is 0.193 e. The van der Waals surface area contributed by atoms with E-state index in [4.69, 9.17) is 21.0 Å². The summed E-state index contributed by atoms with van der Waals surface area (Å²) in [7, 11) is 0. The van der Waals surface area contributed by atoms with Crippen molar-refractivity contribution in [3.63, 3.8) is 0 Å². The van der Waals surface area contributed by atoms with E-state index in [2.05, 4.69) is 0 Å². The minimum absolute atomic E-state index is 1.12. The van der Waals surface area contributed by atoms with Gasteiger partial charge < -0.3 is 0 Å². The summed E-state index contributed by atoms with van der Waals surface area (Å²) in [6.07, 6.45) is 4.50. The molecule has 0 radical (unpaired) electrons. The van der Waals surface area contributed by atoms with Gasteiger partial charge >= 0.3 is 0 Å². The van der Waals surface area contributed by atoms with Crippen LogP contribution in [0.1, 0.15) is 0 Å². The van der Waals surface area contributed by atoms with E-state index in [1.54, 1.807) is 24.3 Å². The van der Waals surface area contributed by atoms with Crippen LogP contribution in [0.4, 0.5) is 0 Å². The Morgan fingerprint density at radius 2 is 0.667 bits per heavy atom. The maximum Gasteiger partial charge on any atom is 0.0919 e. The molecule has 0 saturated heterocycles. The molecule has 0 spiro atoms. The highest BCUT2D eigenvalue weighted by atomic mass is 14.2. The molecule has 4 nitrogen and oxygen atoms in total. The topological polar surface area (TPSA) is 95.2 Å². The van der Waals surface area contributed by atoms with Gasteiger partial charge in [0, 0.05) is 24.3 Å². The monoisotopic (exact) mass is 156 g/mol. The normalized spacial score (nSPS) is 7.00. The SMILES string of the molecule is N#CC=CC#N.N#CC=CC#N. The zero-order valence-electron chi connectivity index (χ0n) is 6.10.